The Morgan fingerprint density at radius 2 is 2.17 bits per heavy atom. The highest BCUT2D eigenvalue weighted by Crippen LogP contribution is 2.18. The molecule has 1 aliphatic rings. The van der Waals surface area contributed by atoms with Crippen LogP contribution >= 0.6 is 0 Å². The van der Waals surface area contributed by atoms with Crippen molar-refractivity contribution < 1.29 is 9.90 Å². The average Bonchev–Trinajstić information content (AvgIpc) is 2.57. The Morgan fingerprint density at radius 3 is 2.96 bits per heavy atom. The molecule has 1 aromatic carbocycles. The minimum Gasteiger partial charge on any atom is -0.391 e. The molecule has 1 aliphatic heterocycles. The van der Waals surface area contributed by atoms with Crippen molar-refractivity contribution in [2.75, 3.05) is 13.1 Å². The van der Waals surface area contributed by atoms with Crippen LogP contribution < -0.4 is 5.43 Å². The van der Waals surface area contributed by atoms with E-state index in [2.05, 4.69) is 5.10 Å². The van der Waals surface area contributed by atoms with Crippen molar-refractivity contribution in [1.29, 1.82) is 0 Å². The molecule has 122 valence electrons. The fourth-order valence-corrected chi connectivity index (χ4v) is 2.97. The number of aryl methyl sites for hydroxylation is 1. The Labute approximate surface area is 134 Å². The number of hydrogen-bond donors (Lipinski definition) is 1. The van der Waals surface area contributed by atoms with Crippen LogP contribution in [-0.4, -0.2) is 44.9 Å². The topological polar surface area (TPSA) is 75.4 Å². The molecule has 6 heteroatoms. The molecule has 6 nitrogen and oxygen atoms in total. The predicted molar refractivity (Wildman–Crippen MR) is 87.0 cm³/mol. The molecular formula is C17H21N3O3. The SMILES string of the molecule is CC1CCN(C(=O)CCn2ncc(=O)c3ccccc32)CC1O. The summed E-state index contributed by atoms with van der Waals surface area (Å²) >= 11 is 0. The largest absolute Gasteiger partial charge is 0.391 e. The summed E-state index contributed by atoms with van der Waals surface area (Å²) in [7, 11) is 0. The standard InChI is InChI=1S/C17H21N3O3/c1-12-6-8-19(11-16(12)22)17(23)7-9-20-14-5-3-2-4-13(14)15(21)10-18-20/h2-5,10,12,16,22H,6-9,11H2,1H3. The Balaban J connectivity index is 1.70. The Hall–Kier alpha value is -2.21. The molecule has 1 amide bonds. The first-order chi connectivity index (χ1) is 11.1. The second kappa shape index (κ2) is 6.50. The summed E-state index contributed by atoms with van der Waals surface area (Å²) in [6.07, 6.45) is 1.98. The molecule has 0 aliphatic carbocycles. The minimum atomic E-state index is -0.445. The van der Waals surface area contributed by atoms with E-state index in [-0.39, 0.29) is 17.3 Å². The molecule has 0 saturated carbocycles. The lowest BCUT2D eigenvalue weighted by molar-refractivity contribution is -0.135. The van der Waals surface area contributed by atoms with Crippen LogP contribution in [0.1, 0.15) is 19.8 Å². The van der Waals surface area contributed by atoms with Crippen molar-refractivity contribution in [3.8, 4) is 0 Å². The third kappa shape index (κ3) is 3.27. The molecule has 23 heavy (non-hydrogen) atoms. The zero-order valence-corrected chi connectivity index (χ0v) is 13.2. The number of aliphatic hydroxyl groups is 1. The van der Waals surface area contributed by atoms with E-state index in [9.17, 15) is 14.7 Å². The molecule has 1 aromatic heterocycles. The highest BCUT2D eigenvalue weighted by atomic mass is 16.3. The van der Waals surface area contributed by atoms with E-state index in [1.165, 1.54) is 6.20 Å². The molecule has 0 spiro atoms. The number of carbonyl (C=O) groups is 1. The normalized spacial score (nSPS) is 21.6. The number of nitrogens with zero attached hydrogens (tertiary/aromatic N) is 3. The van der Waals surface area contributed by atoms with Gasteiger partial charge in [-0.1, -0.05) is 19.1 Å². The molecule has 1 fully saturated rings. The molecule has 2 aromatic rings. The molecular weight excluding hydrogens is 294 g/mol. The fraction of sp³-hybridized carbons (Fsp3) is 0.471. The third-order valence-electron chi connectivity index (χ3n) is 4.57. The van der Waals surface area contributed by atoms with Gasteiger partial charge in [0.1, 0.15) is 0 Å². The molecule has 3 rings (SSSR count). The van der Waals surface area contributed by atoms with Gasteiger partial charge in [-0.3, -0.25) is 14.3 Å². The molecule has 1 N–H and O–H groups in total. The molecule has 2 unspecified atom stereocenters. The van der Waals surface area contributed by atoms with Crippen molar-refractivity contribution in [1.82, 2.24) is 14.7 Å². The smallest absolute Gasteiger partial charge is 0.224 e. The van der Waals surface area contributed by atoms with Gasteiger partial charge in [-0.2, -0.15) is 5.10 Å². The maximum atomic E-state index is 12.3. The van der Waals surface area contributed by atoms with Crippen molar-refractivity contribution in [3.05, 3.63) is 40.7 Å². The van der Waals surface area contributed by atoms with Gasteiger partial charge in [0.2, 0.25) is 11.3 Å². The molecule has 0 radical (unpaired) electrons. The number of piperidine rings is 1. The van der Waals surface area contributed by atoms with E-state index in [4.69, 9.17) is 0 Å². The van der Waals surface area contributed by atoms with Gasteiger partial charge in [0, 0.05) is 24.9 Å². The zero-order valence-electron chi connectivity index (χ0n) is 13.2. The van der Waals surface area contributed by atoms with Crippen LogP contribution in [0.2, 0.25) is 0 Å². The summed E-state index contributed by atoms with van der Waals surface area (Å²) in [6.45, 7) is 3.51. The van der Waals surface area contributed by atoms with Gasteiger partial charge in [-0.05, 0) is 24.5 Å². The summed E-state index contributed by atoms with van der Waals surface area (Å²) in [5.41, 5.74) is 0.622. The van der Waals surface area contributed by atoms with E-state index < -0.39 is 6.10 Å². The maximum Gasteiger partial charge on any atom is 0.224 e. The third-order valence-corrected chi connectivity index (χ3v) is 4.57. The number of fused-ring (bicyclic) bond motifs is 1. The number of β-amino-alcohol motifs (C(OH)–C–C–N with tert-alkyl or cyclic N) is 1. The lowest BCUT2D eigenvalue weighted by atomic mass is 9.96. The maximum absolute atomic E-state index is 12.3. The number of likely N-dealkylation sites (tertiary alicyclic amines) is 1. The quantitative estimate of drug-likeness (QED) is 0.917. The van der Waals surface area contributed by atoms with Crippen LogP contribution in [0.15, 0.2) is 35.3 Å². The van der Waals surface area contributed by atoms with E-state index >= 15 is 0 Å². The second-order valence-electron chi connectivity index (χ2n) is 6.17. The van der Waals surface area contributed by atoms with Gasteiger partial charge < -0.3 is 10.0 Å². The number of rotatable bonds is 3. The summed E-state index contributed by atoms with van der Waals surface area (Å²) in [6, 6.07) is 7.26. The van der Waals surface area contributed by atoms with Crippen LogP contribution in [0.5, 0.6) is 0 Å². The number of benzene rings is 1. The lowest BCUT2D eigenvalue weighted by Crippen LogP contribution is -2.46. The van der Waals surface area contributed by atoms with Crippen LogP contribution in [0.4, 0.5) is 0 Å². The summed E-state index contributed by atoms with van der Waals surface area (Å²) < 4.78 is 1.69. The number of amides is 1. The first kappa shape index (κ1) is 15.7. The summed E-state index contributed by atoms with van der Waals surface area (Å²) in [5.74, 6) is 0.254. The zero-order chi connectivity index (χ0) is 16.4. The molecule has 2 heterocycles. The predicted octanol–water partition coefficient (Wildman–Crippen LogP) is 1.02. The van der Waals surface area contributed by atoms with Crippen LogP contribution in [0.3, 0.4) is 0 Å². The Morgan fingerprint density at radius 1 is 1.39 bits per heavy atom. The van der Waals surface area contributed by atoms with Crippen LogP contribution in [-0.2, 0) is 11.3 Å². The van der Waals surface area contributed by atoms with Crippen LogP contribution in [0.25, 0.3) is 10.9 Å². The summed E-state index contributed by atoms with van der Waals surface area (Å²) in [5, 5.41) is 14.7. The lowest BCUT2D eigenvalue weighted by Gasteiger charge is -2.34. The van der Waals surface area contributed by atoms with Crippen molar-refractivity contribution in [3.63, 3.8) is 0 Å². The highest BCUT2D eigenvalue weighted by molar-refractivity contribution is 5.79. The van der Waals surface area contributed by atoms with Gasteiger partial charge in [0.25, 0.3) is 0 Å². The van der Waals surface area contributed by atoms with Crippen molar-refractivity contribution >= 4 is 16.8 Å². The average molecular weight is 315 g/mol. The molecule has 1 saturated heterocycles. The van der Waals surface area contributed by atoms with Crippen molar-refractivity contribution in [2.45, 2.75) is 32.4 Å². The van der Waals surface area contributed by atoms with E-state index in [0.29, 0.717) is 31.4 Å². The van der Waals surface area contributed by atoms with Gasteiger partial charge in [0.15, 0.2) is 0 Å². The number of carbonyl (C=O) groups excluding carboxylic acids is 1. The van der Waals surface area contributed by atoms with Crippen molar-refractivity contribution in [2.24, 2.45) is 5.92 Å². The fourth-order valence-electron chi connectivity index (χ4n) is 2.97. The number of para-hydroxylation sites is 1. The van der Waals surface area contributed by atoms with Crippen LogP contribution in [0, 0.1) is 5.92 Å². The van der Waals surface area contributed by atoms with E-state index in [0.717, 1.165) is 11.9 Å². The first-order valence-corrected chi connectivity index (χ1v) is 7.97. The van der Waals surface area contributed by atoms with Gasteiger partial charge >= 0.3 is 0 Å². The number of aromatic nitrogens is 2. The van der Waals surface area contributed by atoms with E-state index in [1.807, 2.05) is 25.1 Å². The molecule has 2 atom stereocenters. The minimum absolute atomic E-state index is 0.0144. The Kier molecular flexibility index (Phi) is 4.43. The number of aliphatic hydroxyl groups excluding tert-OH is 1. The van der Waals surface area contributed by atoms with Gasteiger partial charge in [0.05, 0.1) is 24.4 Å². The summed E-state index contributed by atoms with van der Waals surface area (Å²) in [4.78, 5) is 25.9. The second-order valence-corrected chi connectivity index (χ2v) is 6.17. The van der Waals surface area contributed by atoms with Gasteiger partial charge in [-0.15, -0.1) is 0 Å². The monoisotopic (exact) mass is 315 g/mol. The van der Waals surface area contributed by atoms with E-state index in [1.54, 1.807) is 15.6 Å². The highest BCUT2D eigenvalue weighted by Gasteiger charge is 2.26. The van der Waals surface area contributed by atoms with Gasteiger partial charge in [-0.25, -0.2) is 0 Å². The Bertz CT molecular complexity index is 771. The number of hydrogen-bond acceptors (Lipinski definition) is 4. The first-order valence-electron chi connectivity index (χ1n) is 7.97. The molecule has 0 bridgehead atoms.